The van der Waals surface area contributed by atoms with Gasteiger partial charge in [-0.3, -0.25) is 4.79 Å². The Hall–Kier alpha value is -1.19. The van der Waals surface area contributed by atoms with E-state index in [0.29, 0.717) is 21.2 Å². The van der Waals surface area contributed by atoms with Gasteiger partial charge in [0.05, 0.1) is 5.02 Å². The lowest BCUT2D eigenvalue weighted by atomic mass is 9.98. The average molecular weight is 328 g/mol. The number of rotatable bonds is 2. The molecule has 0 radical (unpaired) electrons. The molecule has 0 N–H and O–H groups in total. The van der Waals surface area contributed by atoms with Gasteiger partial charge in [0.15, 0.2) is 5.82 Å². The van der Waals surface area contributed by atoms with Gasteiger partial charge in [0.25, 0.3) is 0 Å². The molecule has 2 aromatic carbocycles. The van der Waals surface area contributed by atoms with Crippen LogP contribution in [0.2, 0.25) is 5.02 Å². The third-order valence-electron chi connectivity index (χ3n) is 2.72. The summed E-state index contributed by atoms with van der Waals surface area (Å²) in [5.41, 5.74) is 2.46. The van der Waals surface area contributed by atoms with Gasteiger partial charge in [0.2, 0.25) is 0 Å². The van der Waals surface area contributed by atoms with Crippen LogP contribution in [-0.4, -0.2) is 6.29 Å². The molecular formula is C14H9BrClFO. The highest BCUT2D eigenvalue weighted by Crippen LogP contribution is 2.34. The smallest absolute Gasteiger partial charge is 0.150 e. The van der Waals surface area contributed by atoms with Crippen LogP contribution in [0.1, 0.15) is 15.9 Å². The van der Waals surface area contributed by atoms with Crippen LogP contribution in [-0.2, 0) is 0 Å². The highest BCUT2D eigenvalue weighted by molar-refractivity contribution is 9.10. The van der Waals surface area contributed by atoms with Gasteiger partial charge in [-0.25, -0.2) is 4.39 Å². The molecule has 0 aliphatic rings. The molecule has 0 fully saturated rings. The fraction of sp³-hybridized carbons (Fsp3) is 0.0714. The number of hydrogen-bond acceptors (Lipinski definition) is 1. The molecule has 2 rings (SSSR count). The third-order valence-corrected chi connectivity index (χ3v) is 3.98. The zero-order valence-corrected chi connectivity index (χ0v) is 11.8. The van der Waals surface area contributed by atoms with Crippen molar-refractivity contribution in [3.63, 3.8) is 0 Å². The molecule has 0 unspecified atom stereocenters. The Bertz CT molecular complexity index is 625. The van der Waals surface area contributed by atoms with Crippen LogP contribution < -0.4 is 0 Å². The number of benzene rings is 2. The number of aldehydes is 1. The molecular weight excluding hydrogens is 319 g/mol. The first-order chi connectivity index (χ1) is 8.54. The van der Waals surface area contributed by atoms with E-state index in [-0.39, 0.29) is 5.02 Å². The first kappa shape index (κ1) is 13.2. The van der Waals surface area contributed by atoms with Crippen LogP contribution in [0.4, 0.5) is 4.39 Å². The standard InChI is InChI=1S/C14H9BrClFO/c1-8-2-3-9(7-18)6-11(8)10-4-5-12(15)13(16)14(10)17/h2-7H,1H3. The first-order valence-corrected chi connectivity index (χ1v) is 6.41. The van der Waals surface area contributed by atoms with E-state index >= 15 is 0 Å². The predicted molar refractivity (Wildman–Crippen MR) is 74.7 cm³/mol. The van der Waals surface area contributed by atoms with Crippen LogP contribution in [0.5, 0.6) is 0 Å². The lowest BCUT2D eigenvalue weighted by Gasteiger charge is -2.10. The summed E-state index contributed by atoms with van der Waals surface area (Å²) in [6.07, 6.45) is 0.737. The van der Waals surface area contributed by atoms with Crippen molar-refractivity contribution in [3.8, 4) is 11.1 Å². The predicted octanol–water partition coefficient (Wildman–Crippen LogP) is 5.03. The zero-order chi connectivity index (χ0) is 13.3. The highest BCUT2D eigenvalue weighted by Gasteiger charge is 2.13. The number of halogens is 3. The van der Waals surface area contributed by atoms with Crippen LogP contribution in [0, 0.1) is 12.7 Å². The minimum atomic E-state index is -0.489. The number of aryl methyl sites for hydroxylation is 1. The summed E-state index contributed by atoms with van der Waals surface area (Å²) >= 11 is 9.04. The van der Waals surface area contributed by atoms with Crippen molar-refractivity contribution in [2.24, 2.45) is 0 Å². The fourth-order valence-corrected chi connectivity index (χ4v) is 2.21. The minimum absolute atomic E-state index is 0.0448. The van der Waals surface area contributed by atoms with Crippen molar-refractivity contribution in [2.45, 2.75) is 6.92 Å². The second-order valence-corrected chi connectivity index (χ2v) is 5.15. The Balaban J connectivity index is 2.69. The summed E-state index contributed by atoms with van der Waals surface area (Å²) < 4.78 is 14.6. The molecule has 0 amide bonds. The van der Waals surface area contributed by atoms with Gasteiger partial charge in [0.1, 0.15) is 6.29 Å². The van der Waals surface area contributed by atoms with Crippen LogP contribution in [0.25, 0.3) is 11.1 Å². The van der Waals surface area contributed by atoms with E-state index < -0.39 is 5.82 Å². The monoisotopic (exact) mass is 326 g/mol. The quantitative estimate of drug-likeness (QED) is 0.558. The average Bonchev–Trinajstić information content (AvgIpc) is 2.37. The molecule has 0 spiro atoms. The summed E-state index contributed by atoms with van der Waals surface area (Å²) in [5, 5.41) is 0.0448. The second-order valence-electron chi connectivity index (χ2n) is 3.92. The molecule has 0 aliphatic carbocycles. The van der Waals surface area contributed by atoms with Crippen molar-refractivity contribution >= 4 is 33.8 Å². The molecule has 0 aliphatic heterocycles. The van der Waals surface area contributed by atoms with Gasteiger partial charge in [-0.2, -0.15) is 0 Å². The van der Waals surface area contributed by atoms with Gasteiger partial charge in [-0.05, 0) is 46.1 Å². The molecule has 92 valence electrons. The second kappa shape index (κ2) is 5.21. The highest BCUT2D eigenvalue weighted by atomic mass is 79.9. The first-order valence-electron chi connectivity index (χ1n) is 5.24. The van der Waals surface area contributed by atoms with E-state index in [4.69, 9.17) is 11.6 Å². The Kier molecular flexibility index (Phi) is 3.83. The molecule has 2 aromatic rings. The largest absolute Gasteiger partial charge is 0.298 e. The van der Waals surface area contributed by atoms with E-state index in [1.54, 1.807) is 30.3 Å². The van der Waals surface area contributed by atoms with Crippen molar-refractivity contribution in [1.82, 2.24) is 0 Å². The Labute approximate surface area is 118 Å². The molecule has 0 aromatic heterocycles. The SMILES string of the molecule is Cc1ccc(C=O)cc1-c1ccc(Br)c(Cl)c1F. The van der Waals surface area contributed by atoms with Gasteiger partial charge in [-0.1, -0.05) is 29.8 Å². The summed E-state index contributed by atoms with van der Waals surface area (Å²) in [4.78, 5) is 10.8. The number of carbonyl (C=O) groups excluding carboxylic acids is 1. The molecule has 1 nitrogen and oxygen atoms in total. The summed E-state index contributed by atoms with van der Waals surface area (Å²) in [6.45, 7) is 1.86. The van der Waals surface area contributed by atoms with E-state index in [0.717, 1.165) is 11.8 Å². The van der Waals surface area contributed by atoms with Gasteiger partial charge in [0, 0.05) is 15.6 Å². The van der Waals surface area contributed by atoms with Crippen molar-refractivity contribution in [2.75, 3.05) is 0 Å². The fourth-order valence-electron chi connectivity index (χ4n) is 1.74. The summed E-state index contributed by atoms with van der Waals surface area (Å²) in [6, 6.07) is 8.47. The summed E-state index contributed by atoms with van der Waals surface area (Å²) in [7, 11) is 0. The summed E-state index contributed by atoms with van der Waals surface area (Å²) in [5.74, 6) is -0.489. The van der Waals surface area contributed by atoms with E-state index in [1.165, 1.54) is 0 Å². The Morgan fingerprint density at radius 3 is 2.61 bits per heavy atom. The minimum Gasteiger partial charge on any atom is -0.298 e. The van der Waals surface area contributed by atoms with Crippen LogP contribution in [0.3, 0.4) is 0 Å². The lowest BCUT2D eigenvalue weighted by Crippen LogP contribution is -1.91. The van der Waals surface area contributed by atoms with Crippen LogP contribution >= 0.6 is 27.5 Å². The van der Waals surface area contributed by atoms with Crippen LogP contribution in [0.15, 0.2) is 34.8 Å². The Morgan fingerprint density at radius 2 is 1.94 bits per heavy atom. The van der Waals surface area contributed by atoms with Gasteiger partial charge in [-0.15, -0.1) is 0 Å². The molecule has 0 bridgehead atoms. The van der Waals surface area contributed by atoms with Crippen molar-refractivity contribution in [3.05, 3.63) is 56.8 Å². The third kappa shape index (κ3) is 2.33. The maximum absolute atomic E-state index is 14.1. The van der Waals surface area contributed by atoms with E-state index in [9.17, 15) is 9.18 Å². The molecule has 0 saturated heterocycles. The number of hydrogen-bond donors (Lipinski definition) is 0. The Morgan fingerprint density at radius 1 is 1.22 bits per heavy atom. The maximum atomic E-state index is 14.1. The number of carbonyl (C=O) groups is 1. The van der Waals surface area contributed by atoms with Gasteiger partial charge < -0.3 is 0 Å². The van der Waals surface area contributed by atoms with Crippen molar-refractivity contribution in [1.29, 1.82) is 0 Å². The topological polar surface area (TPSA) is 17.1 Å². The van der Waals surface area contributed by atoms with Gasteiger partial charge >= 0.3 is 0 Å². The maximum Gasteiger partial charge on any atom is 0.150 e. The van der Waals surface area contributed by atoms with E-state index in [2.05, 4.69) is 15.9 Å². The molecule has 4 heteroatoms. The lowest BCUT2D eigenvalue weighted by molar-refractivity contribution is 0.112. The molecule has 0 saturated carbocycles. The molecule has 18 heavy (non-hydrogen) atoms. The van der Waals surface area contributed by atoms with E-state index in [1.807, 2.05) is 6.92 Å². The molecule has 0 atom stereocenters. The molecule has 0 heterocycles. The zero-order valence-electron chi connectivity index (χ0n) is 9.51. The normalized spacial score (nSPS) is 10.4. The van der Waals surface area contributed by atoms with Crippen molar-refractivity contribution < 1.29 is 9.18 Å².